The molecule has 0 saturated carbocycles. The number of rotatable bonds is 5. The lowest BCUT2D eigenvalue weighted by Crippen LogP contribution is -2.37. The lowest BCUT2D eigenvalue weighted by Gasteiger charge is -2.30. The molecule has 0 aliphatic carbocycles. The van der Waals surface area contributed by atoms with Crippen molar-refractivity contribution in [1.29, 1.82) is 0 Å². The van der Waals surface area contributed by atoms with Crippen molar-refractivity contribution in [2.75, 3.05) is 48.4 Å². The fourth-order valence-electron chi connectivity index (χ4n) is 3.08. The summed E-state index contributed by atoms with van der Waals surface area (Å²) in [7, 11) is 0. The van der Waals surface area contributed by atoms with Crippen molar-refractivity contribution in [3.8, 4) is 0 Å². The number of benzene rings is 1. The minimum absolute atomic E-state index is 0.0467. The molecule has 25 heavy (non-hydrogen) atoms. The third-order valence-electron chi connectivity index (χ3n) is 4.43. The first-order chi connectivity index (χ1) is 12.0. The Kier molecular flexibility index (Phi) is 5.08. The molecule has 2 heterocycles. The SMILES string of the molecule is CC(=O)CC[C@H]1CN(c2cc(N3CCOCC3)c(F)cc2N)C(=O)O1. The van der Waals surface area contributed by atoms with Gasteiger partial charge in [-0.2, -0.15) is 0 Å². The van der Waals surface area contributed by atoms with Crippen molar-refractivity contribution in [2.45, 2.75) is 25.9 Å². The summed E-state index contributed by atoms with van der Waals surface area (Å²) in [6, 6.07) is 2.82. The number of halogens is 1. The number of nitrogen functional groups attached to an aromatic ring is 1. The van der Waals surface area contributed by atoms with Gasteiger partial charge in [0.1, 0.15) is 17.7 Å². The van der Waals surface area contributed by atoms with Gasteiger partial charge in [-0.1, -0.05) is 0 Å². The number of nitrogens with two attached hydrogens (primary N) is 1. The molecule has 1 aromatic carbocycles. The predicted molar refractivity (Wildman–Crippen MR) is 91.4 cm³/mol. The zero-order valence-corrected chi connectivity index (χ0v) is 14.2. The lowest BCUT2D eigenvalue weighted by atomic mass is 10.1. The van der Waals surface area contributed by atoms with Gasteiger partial charge in [0.05, 0.1) is 36.8 Å². The van der Waals surface area contributed by atoms with Gasteiger partial charge in [0.25, 0.3) is 0 Å². The van der Waals surface area contributed by atoms with Gasteiger partial charge in [-0.05, 0) is 19.4 Å². The summed E-state index contributed by atoms with van der Waals surface area (Å²) >= 11 is 0. The summed E-state index contributed by atoms with van der Waals surface area (Å²) in [5, 5.41) is 0. The van der Waals surface area contributed by atoms with Crippen molar-refractivity contribution >= 4 is 28.9 Å². The van der Waals surface area contributed by atoms with Gasteiger partial charge < -0.3 is 24.9 Å². The number of amides is 1. The minimum atomic E-state index is -0.528. The molecule has 136 valence electrons. The summed E-state index contributed by atoms with van der Waals surface area (Å²) in [5.41, 5.74) is 6.95. The minimum Gasteiger partial charge on any atom is -0.444 e. The number of nitrogens with zero attached hydrogens (tertiary/aromatic N) is 2. The van der Waals surface area contributed by atoms with Crippen LogP contribution in [-0.2, 0) is 14.3 Å². The number of cyclic esters (lactones) is 1. The van der Waals surface area contributed by atoms with Crippen molar-refractivity contribution in [1.82, 2.24) is 0 Å². The molecule has 0 aromatic heterocycles. The number of ketones is 1. The van der Waals surface area contributed by atoms with Crippen LogP contribution in [0.15, 0.2) is 12.1 Å². The Morgan fingerprint density at radius 1 is 1.32 bits per heavy atom. The second-order valence-electron chi connectivity index (χ2n) is 6.32. The topological polar surface area (TPSA) is 85.1 Å². The van der Waals surface area contributed by atoms with E-state index < -0.39 is 11.9 Å². The standard InChI is InChI=1S/C17H22FN3O4/c1-11(22)2-3-12-10-21(17(23)25-12)16-9-15(13(18)8-14(16)19)20-4-6-24-7-5-20/h8-9,12H,2-7,10,19H2,1H3/t12-/m0/s1. The van der Waals surface area contributed by atoms with E-state index in [0.717, 1.165) is 0 Å². The molecular weight excluding hydrogens is 329 g/mol. The summed E-state index contributed by atoms with van der Waals surface area (Å²) < 4.78 is 24.9. The van der Waals surface area contributed by atoms with Gasteiger partial charge in [-0.25, -0.2) is 9.18 Å². The molecule has 1 atom stereocenters. The molecule has 0 bridgehead atoms. The second-order valence-corrected chi connectivity index (χ2v) is 6.32. The van der Waals surface area contributed by atoms with Crippen molar-refractivity contribution < 1.29 is 23.5 Å². The van der Waals surface area contributed by atoms with E-state index in [0.29, 0.717) is 57.1 Å². The Morgan fingerprint density at radius 2 is 2.04 bits per heavy atom. The summed E-state index contributed by atoms with van der Waals surface area (Å²) in [4.78, 5) is 26.6. The Morgan fingerprint density at radius 3 is 2.72 bits per heavy atom. The first-order valence-corrected chi connectivity index (χ1v) is 8.35. The largest absolute Gasteiger partial charge is 0.444 e. The molecule has 1 amide bonds. The summed E-state index contributed by atoms with van der Waals surface area (Å²) in [6.45, 7) is 4.00. The van der Waals surface area contributed by atoms with E-state index in [1.807, 2.05) is 4.90 Å². The van der Waals surface area contributed by atoms with Gasteiger partial charge in [-0.15, -0.1) is 0 Å². The average molecular weight is 351 g/mol. The maximum Gasteiger partial charge on any atom is 0.414 e. The fourth-order valence-corrected chi connectivity index (χ4v) is 3.08. The van der Waals surface area contributed by atoms with E-state index in [9.17, 15) is 14.0 Å². The van der Waals surface area contributed by atoms with Crippen LogP contribution >= 0.6 is 0 Å². The molecule has 2 aliphatic rings. The molecule has 1 aromatic rings. The molecule has 0 spiro atoms. The quantitative estimate of drug-likeness (QED) is 0.816. The Bertz CT molecular complexity index is 676. The fraction of sp³-hybridized carbons (Fsp3) is 0.529. The van der Waals surface area contributed by atoms with Crippen LogP contribution in [0.25, 0.3) is 0 Å². The number of Topliss-reactive ketones (excluding diaryl/α,β-unsaturated/α-hetero) is 1. The van der Waals surface area contributed by atoms with E-state index in [1.165, 1.54) is 17.9 Å². The predicted octanol–water partition coefficient (Wildman–Crippen LogP) is 1.94. The highest BCUT2D eigenvalue weighted by Gasteiger charge is 2.34. The third-order valence-corrected chi connectivity index (χ3v) is 4.43. The normalized spacial score (nSPS) is 20.7. The number of hydrogen-bond donors (Lipinski definition) is 1. The number of anilines is 3. The molecule has 8 heteroatoms. The maximum atomic E-state index is 14.4. The smallest absolute Gasteiger partial charge is 0.414 e. The van der Waals surface area contributed by atoms with E-state index in [-0.39, 0.29) is 17.6 Å². The van der Waals surface area contributed by atoms with Crippen LogP contribution in [-0.4, -0.2) is 50.8 Å². The van der Waals surface area contributed by atoms with Crippen LogP contribution in [0.5, 0.6) is 0 Å². The Hall–Kier alpha value is -2.35. The van der Waals surface area contributed by atoms with Crippen molar-refractivity contribution in [3.63, 3.8) is 0 Å². The van der Waals surface area contributed by atoms with Crippen LogP contribution in [0.1, 0.15) is 19.8 Å². The van der Waals surface area contributed by atoms with Crippen LogP contribution in [0.3, 0.4) is 0 Å². The van der Waals surface area contributed by atoms with Gasteiger partial charge in [0.15, 0.2) is 0 Å². The molecule has 2 fully saturated rings. The van der Waals surface area contributed by atoms with Crippen molar-refractivity contribution in [3.05, 3.63) is 17.9 Å². The van der Waals surface area contributed by atoms with Gasteiger partial charge >= 0.3 is 6.09 Å². The number of carbonyl (C=O) groups excluding carboxylic acids is 2. The van der Waals surface area contributed by atoms with Crippen molar-refractivity contribution in [2.24, 2.45) is 0 Å². The molecule has 0 radical (unpaired) electrons. The highest BCUT2D eigenvalue weighted by molar-refractivity contribution is 5.94. The molecule has 7 nitrogen and oxygen atoms in total. The summed E-state index contributed by atoms with van der Waals surface area (Å²) in [5.74, 6) is -0.380. The van der Waals surface area contributed by atoms with Gasteiger partial charge in [0, 0.05) is 25.6 Å². The highest BCUT2D eigenvalue weighted by Crippen LogP contribution is 2.34. The molecule has 2 aliphatic heterocycles. The molecule has 2 saturated heterocycles. The summed E-state index contributed by atoms with van der Waals surface area (Å²) in [6.07, 6.45) is -0.0777. The van der Waals surface area contributed by atoms with Crippen LogP contribution in [0.2, 0.25) is 0 Å². The van der Waals surface area contributed by atoms with E-state index >= 15 is 0 Å². The molecule has 2 N–H and O–H groups in total. The second kappa shape index (κ2) is 7.26. The Labute approximate surface area is 145 Å². The zero-order chi connectivity index (χ0) is 18.0. The number of morpholine rings is 1. The maximum absolute atomic E-state index is 14.4. The molecular formula is C17H22FN3O4. The van der Waals surface area contributed by atoms with Crippen LogP contribution in [0.4, 0.5) is 26.2 Å². The van der Waals surface area contributed by atoms with Gasteiger partial charge in [-0.3, -0.25) is 4.90 Å². The lowest BCUT2D eigenvalue weighted by molar-refractivity contribution is -0.117. The first kappa shape index (κ1) is 17.5. The van der Waals surface area contributed by atoms with E-state index in [2.05, 4.69) is 0 Å². The number of carbonyl (C=O) groups is 2. The van der Waals surface area contributed by atoms with Gasteiger partial charge in [0.2, 0.25) is 0 Å². The Balaban J connectivity index is 1.81. The van der Waals surface area contributed by atoms with E-state index in [1.54, 1.807) is 6.07 Å². The number of ether oxygens (including phenoxy) is 2. The average Bonchev–Trinajstić information content (AvgIpc) is 2.95. The van der Waals surface area contributed by atoms with E-state index in [4.69, 9.17) is 15.2 Å². The first-order valence-electron chi connectivity index (χ1n) is 8.35. The highest BCUT2D eigenvalue weighted by atomic mass is 19.1. The number of hydrogen-bond acceptors (Lipinski definition) is 6. The third kappa shape index (κ3) is 3.84. The molecule has 3 rings (SSSR count). The zero-order valence-electron chi connectivity index (χ0n) is 14.2. The monoisotopic (exact) mass is 351 g/mol. The van der Waals surface area contributed by atoms with Crippen LogP contribution in [0, 0.1) is 5.82 Å². The van der Waals surface area contributed by atoms with Crippen LogP contribution < -0.4 is 15.5 Å². The molecule has 0 unspecified atom stereocenters.